The van der Waals surface area contributed by atoms with E-state index in [2.05, 4.69) is 4.90 Å². The van der Waals surface area contributed by atoms with Crippen LogP contribution in [-0.4, -0.2) is 41.8 Å². The van der Waals surface area contributed by atoms with Gasteiger partial charge in [0.1, 0.15) is 5.76 Å². The molecule has 0 aliphatic carbocycles. The van der Waals surface area contributed by atoms with E-state index in [1.54, 1.807) is 19.1 Å². The van der Waals surface area contributed by atoms with Crippen LogP contribution in [0, 0.1) is 0 Å². The first kappa shape index (κ1) is 12.1. The predicted octanol–water partition coefficient (Wildman–Crippen LogP) is 1.02. The summed E-state index contributed by atoms with van der Waals surface area (Å²) in [5.41, 5.74) is 0. The van der Waals surface area contributed by atoms with E-state index in [1.807, 2.05) is 0 Å². The highest BCUT2D eigenvalue weighted by molar-refractivity contribution is 5.86. The second-order valence-electron chi connectivity index (χ2n) is 4.16. The zero-order chi connectivity index (χ0) is 12.3. The minimum atomic E-state index is -0.430. The maximum Gasteiger partial charge on any atom is 0.374 e. The lowest BCUT2D eigenvalue weighted by Gasteiger charge is -2.12. The molecule has 1 aromatic rings. The molecule has 0 radical (unpaired) electrons. The number of esters is 1. The summed E-state index contributed by atoms with van der Waals surface area (Å²) < 4.78 is 10.2. The number of carbonyl (C=O) groups excluding carboxylic acids is 1. The van der Waals surface area contributed by atoms with Crippen molar-refractivity contribution in [2.45, 2.75) is 26.0 Å². The van der Waals surface area contributed by atoms with E-state index in [-0.39, 0.29) is 11.9 Å². The lowest BCUT2D eigenvalue weighted by Crippen LogP contribution is -2.21. The van der Waals surface area contributed by atoms with E-state index < -0.39 is 5.97 Å². The first-order valence-corrected chi connectivity index (χ1v) is 5.85. The van der Waals surface area contributed by atoms with Gasteiger partial charge < -0.3 is 14.3 Å². The topological polar surface area (TPSA) is 62.9 Å². The molecule has 1 atom stereocenters. The molecule has 0 spiro atoms. The molecule has 0 bridgehead atoms. The van der Waals surface area contributed by atoms with Crippen LogP contribution in [-0.2, 0) is 11.3 Å². The zero-order valence-corrected chi connectivity index (χ0v) is 9.89. The molecule has 0 unspecified atom stereocenters. The number of β-amino-alcohol motifs (C(OH)–C–C–N with tert-alkyl or cyclic N) is 1. The molecule has 0 amide bonds. The zero-order valence-electron chi connectivity index (χ0n) is 9.89. The van der Waals surface area contributed by atoms with Crippen molar-refractivity contribution in [3.63, 3.8) is 0 Å². The molecule has 0 saturated carbocycles. The van der Waals surface area contributed by atoms with E-state index in [0.717, 1.165) is 18.7 Å². The second-order valence-corrected chi connectivity index (χ2v) is 4.16. The van der Waals surface area contributed by atoms with Crippen molar-refractivity contribution in [2.75, 3.05) is 19.7 Å². The number of rotatable bonds is 4. The fraction of sp³-hybridized carbons (Fsp3) is 0.583. The summed E-state index contributed by atoms with van der Waals surface area (Å²) in [6, 6.07) is 3.40. The van der Waals surface area contributed by atoms with Gasteiger partial charge in [0, 0.05) is 13.1 Å². The molecule has 1 saturated heterocycles. The van der Waals surface area contributed by atoms with Gasteiger partial charge >= 0.3 is 5.97 Å². The Bertz CT molecular complexity index is 388. The number of nitrogens with zero attached hydrogens (tertiary/aromatic N) is 1. The highest BCUT2D eigenvalue weighted by Crippen LogP contribution is 2.16. The Hall–Kier alpha value is -1.33. The number of hydrogen-bond donors (Lipinski definition) is 1. The summed E-state index contributed by atoms with van der Waals surface area (Å²) in [5, 5.41) is 9.39. The maximum atomic E-state index is 11.4. The van der Waals surface area contributed by atoms with E-state index in [4.69, 9.17) is 9.15 Å². The predicted molar refractivity (Wildman–Crippen MR) is 60.6 cm³/mol. The van der Waals surface area contributed by atoms with Gasteiger partial charge in [0.05, 0.1) is 19.3 Å². The number of aliphatic hydroxyl groups excluding tert-OH is 1. The van der Waals surface area contributed by atoms with Gasteiger partial charge in [0.15, 0.2) is 0 Å². The van der Waals surface area contributed by atoms with Crippen LogP contribution in [0.25, 0.3) is 0 Å². The SMILES string of the molecule is CCOC(=O)c1ccc(CN2CC[C@@H](O)C2)o1. The van der Waals surface area contributed by atoms with Crippen molar-refractivity contribution in [1.82, 2.24) is 4.90 Å². The molecule has 1 aromatic heterocycles. The van der Waals surface area contributed by atoms with Crippen LogP contribution in [0.5, 0.6) is 0 Å². The number of hydrogen-bond acceptors (Lipinski definition) is 5. The smallest absolute Gasteiger partial charge is 0.374 e. The average Bonchev–Trinajstić information content (AvgIpc) is 2.89. The summed E-state index contributed by atoms with van der Waals surface area (Å²) in [5.74, 6) is 0.531. The maximum absolute atomic E-state index is 11.4. The van der Waals surface area contributed by atoms with Gasteiger partial charge in [-0.1, -0.05) is 0 Å². The van der Waals surface area contributed by atoms with Crippen LogP contribution in [0.2, 0.25) is 0 Å². The Morgan fingerprint density at radius 1 is 1.65 bits per heavy atom. The second kappa shape index (κ2) is 5.33. The van der Waals surface area contributed by atoms with Crippen molar-refractivity contribution in [2.24, 2.45) is 0 Å². The van der Waals surface area contributed by atoms with E-state index in [9.17, 15) is 9.90 Å². The standard InChI is InChI=1S/C12H17NO4/c1-2-16-12(15)11-4-3-10(17-11)8-13-6-5-9(14)7-13/h3-4,9,14H,2,5-8H2,1H3/t9-/m1/s1. The molecule has 0 aromatic carbocycles. The van der Waals surface area contributed by atoms with Gasteiger partial charge in [-0.15, -0.1) is 0 Å². The normalized spacial score (nSPS) is 20.7. The van der Waals surface area contributed by atoms with Gasteiger partial charge in [-0.3, -0.25) is 4.90 Å². The monoisotopic (exact) mass is 239 g/mol. The minimum absolute atomic E-state index is 0.238. The van der Waals surface area contributed by atoms with Gasteiger partial charge in [-0.25, -0.2) is 4.79 Å². The molecule has 5 nitrogen and oxygen atoms in total. The molecule has 94 valence electrons. The molecule has 1 aliphatic heterocycles. The number of furan rings is 1. The summed E-state index contributed by atoms with van der Waals surface area (Å²) in [6.07, 6.45) is 0.556. The number of aliphatic hydroxyl groups is 1. The van der Waals surface area contributed by atoms with E-state index >= 15 is 0 Å². The fourth-order valence-electron chi connectivity index (χ4n) is 1.95. The van der Waals surface area contributed by atoms with Crippen LogP contribution in [0.1, 0.15) is 29.7 Å². The molecule has 2 heterocycles. The van der Waals surface area contributed by atoms with Gasteiger partial charge in [-0.2, -0.15) is 0 Å². The summed E-state index contributed by atoms with van der Waals surface area (Å²) in [6.45, 7) is 4.24. The van der Waals surface area contributed by atoms with Crippen LogP contribution in [0.15, 0.2) is 16.5 Å². The Morgan fingerprint density at radius 2 is 2.47 bits per heavy atom. The van der Waals surface area contributed by atoms with Gasteiger partial charge in [0.2, 0.25) is 5.76 Å². The van der Waals surface area contributed by atoms with Crippen molar-refractivity contribution >= 4 is 5.97 Å². The molecule has 2 rings (SSSR count). The largest absolute Gasteiger partial charge is 0.460 e. The first-order chi connectivity index (χ1) is 8.19. The highest BCUT2D eigenvalue weighted by atomic mass is 16.5. The van der Waals surface area contributed by atoms with Gasteiger partial charge in [0.25, 0.3) is 0 Å². The third kappa shape index (κ3) is 3.08. The van der Waals surface area contributed by atoms with Gasteiger partial charge in [-0.05, 0) is 25.5 Å². The van der Waals surface area contributed by atoms with Crippen molar-refractivity contribution in [3.8, 4) is 0 Å². The molecule has 17 heavy (non-hydrogen) atoms. The molecule has 1 fully saturated rings. The first-order valence-electron chi connectivity index (χ1n) is 5.85. The van der Waals surface area contributed by atoms with Crippen LogP contribution < -0.4 is 0 Å². The van der Waals surface area contributed by atoms with Crippen LogP contribution in [0.3, 0.4) is 0 Å². The molecule has 1 aliphatic rings. The highest BCUT2D eigenvalue weighted by Gasteiger charge is 2.21. The number of likely N-dealkylation sites (tertiary alicyclic amines) is 1. The minimum Gasteiger partial charge on any atom is -0.460 e. The van der Waals surface area contributed by atoms with Crippen molar-refractivity contribution < 1.29 is 19.1 Å². The summed E-state index contributed by atoms with van der Waals surface area (Å²) >= 11 is 0. The van der Waals surface area contributed by atoms with E-state index in [0.29, 0.717) is 19.7 Å². The molecule has 1 N–H and O–H groups in total. The lowest BCUT2D eigenvalue weighted by atomic mass is 10.3. The summed E-state index contributed by atoms with van der Waals surface area (Å²) in [4.78, 5) is 13.5. The molecular weight excluding hydrogens is 222 g/mol. The molecular formula is C12H17NO4. The van der Waals surface area contributed by atoms with Crippen molar-refractivity contribution in [1.29, 1.82) is 0 Å². The quantitative estimate of drug-likeness (QED) is 0.795. The fourth-order valence-corrected chi connectivity index (χ4v) is 1.95. The third-order valence-corrected chi connectivity index (χ3v) is 2.77. The van der Waals surface area contributed by atoms with E-state index in [1.165, 1.54) is 0 Å². The number of ether oxygens (including phenoxy) is 1. The summed E-state index contributed by atoms with van der Waals surface area (Å²) in [7, 11) is 0. The lowest BCUT2D eigenvalue weighted by molar-refractivity contribution is 0.0486. The Morgan fingerprint density at radius 3 is 3.12 bits per heavy atom. The third-order valence-electron chi connectivity index (χ3n) is 2.77. The Labute approximate surface area is 100.0 Å². The Balaban J connectivity index is 1.92. The average molecular weight is 239 g/mol. The van der Waals surface area contributed by atoms with Crippen LogP contribution in [0.4, 0.5) is 0 Å². The van der Waals surface area contributed by atoms with Crippen LogP contribution >= 0.6 is 0 Å². The van der Waals surface area contributed by atoms with Crippen molar-refractivity contribution in [3.05, 3.63) is 23.7 Å². The number of carbonyl (C=O) groups is 1. The Kier molecular flexibility index (Phi) is 3.81. The molecule has 5 heteroatoms.